The Labute approximate surface area is 170 Å². The quantitative estimate of drug-likeness (QED) is 0.359. The van der Waals surface area contributed by atoms with Crippen molar-refractivity contribution in [2.45, 2.75) is 51.4 Å². The summed E-state index contributed by atoms with van der Waals surface area (Å²) in [5.41, 5.74) is 3.00. The van der Waals surface area contributed by atoms with Gasteiger partial charge >= 0.3 is 0 Å². The molecule has 1 heterocycles. The highest BCUT2D eigenvalue weighted by molar-refractivity contribution is 5.61. The number of nitrogens with zero attached hydrogens (tertiary/aromatic N) is 3. The van der Waals surface area contributed by atoms with Crippen LogP contribution in [0.15, 0.2) is 53.1 Å². The summed E-state index contributed by atoms with van der Waals surface area (Å²) in [7, 11) is 0. The first-order valence-electron chi connectivity index (χ1n) is 10.3. The van der Waals surface area contributed by atoms with Gasteiger partial charge in [0, 0.05) is 23.3 Å². The molecule has 1 aliphatic carbocycles. The second-order valence-corrected chi connectivity index (χ2v) is 7.86. The molecule has 0 N–H and O–H groups in total. The van der Waals surface area contributed by atoms with E-state index in [2.05, 4.69) is 29.2 Å². The molecule has 3 aromatic rings. The summed E-state index contributed by atoms with van der Waals surface area (Å²) in [5.74, 6) is 2.44. The van der Waals surface area contributed by atoms with Gasteiger partial charge in [-0.05, 0) is 67.3 Å². The van der Waals surface area contributed by atoms with E-state index < -0.39 is 4.92 Å². The van der Waals surface area contributed by atoms with E-state index in [9.17, 15) is 10.1 Å². The molecule has 4 rings (SSSR count). The van der Waals surface area contributed by atoms with Gasteiger partial charge in [-0.2, -0.15) is 4.98 Å². The number of nitro groups is 1. The summed E-state index contributed by atoms with van der Waals surface area (Å²) in [6.07, 6.45) is 7.87. The maximum atomic E-state index is 10.8. The molecule has 0 aliphatic heterocycles. The smallest absolute Gasteiger partial charge is 0.269 e. The fourth-order valence-electron chi connectivity index (χ4n) is 4.28. The molecular formula is C23H25N3O3. The van der Waals surface area contributed by atoms with Crippen molar-refractivity contribution in [1.82, 2.24) is 10.1 Å². The number of non-ortho nitro benzene ring substituents is 1. The van der Waals surface area contributed by atoms with Crippen molar-refractivity contribution >= 4 is 5.69 Å². The molecule has 1 aliphatic rings. The minimum Gasteiger partial charge on any atom is -0.334 e. The molecule has 2 aromatic carbocycles. The van der Waals surface area contributed by atoms with Crippen LogP contribution in [0.25, 0.3) is 22.8 Å². The van der Waals surface area contributed by atoms with Gasteiger partial charge in [0.25, 0.3) is 11.6 Å². The van der Waals surface area contributed by atoms with Crippen molar-refractivity contribution in [3.05, 3.63) is 64.2 Å². The fourth-order valence-corrected chi connectivity index (χ4v) is 4.28. The predicted octanol–water partition coefficient (Wildman–Crippen LogP) is 6.39. The van der Waals surface area contributed by atoms with Gasteiger partial charge in [0.2, 0.25) is 5.82 Å². The fraction of sp³-hybridized carbons (Fsp3) is 0.391. The van der Waals surface area contributed by atoms with Gasteiger partial charge in [-0.1, -0.05) is 37.1 Å². The van der Waals surface area contributed by atoms with Crippen molar-refractivity contribution in [3.63, 3.8) is 0 Å². The highest BCUT2D eigenvalue weighted by Gasteiger charge is 2.22. The van der Waals surface area contributed by atoms with Crippen molar-refractivity contribution < 1.29 is 9.45 Å². The number of rotatable bonds is 6. The Balaban J connectivity index is 1.44. The van der Waals surface area contributed by atoms with E-state index in [0.29, 0.717) is 23.2 Å². The van der Waals surface area contributed by atoms with E-state index in [1.807, 2.05) is 12.1 Å². The van der Waals surface area contributed by atoms with Crippen molar-refractivity contribution in [1.29, 1.82) is 0 Å². The van der Waals surface area contributed by atoms with E-state index in [1.54, 1.807) is 12.1 Å². The monoisotopic (exact) mass is 391 g/mol. The number of aromatic nitrogens is 2. The van der Waals surface area contributed by atoms with Crippen LogP contribution in [-0.2, 0) is 0 Å². The molecule has 0 unspecified atom stereocenters. The first-order chi connectivity index (χ1) is 14.1. The van der Waals surface area contributed by atoms with Gasteiger partial charge in [0.1, 0.15) is 0 Å². The Morgan fingerprint density at radius 3 is 2.28 bits per heavy atom. The van der Waals surface area contributed by atoms with Gasteiger partial charge in [0.05, 0.1) is 4.92 Å². The molecule has 29 heavy (non-hydrogen) atoms. The third-order valence-corrected chi connectivity index (χ3v) is 5.94. The number of hydrogen-bond donors (Lipinski definition) is 0. The van der Waals surface area contributed by atoms with Crippen LogP contribution in [0.5, 0.6) is 0 Å². The van der Waals surface area contributed by atoms with Crippen molar-refractivity contribution in [2.24, 2.45) is 5.92 Å². The van der Waals surface area contributed by atoms with Crippen molar-refractivity contribution in [2.75, 3.05) is 0 Å². The second-order valence-electron chi connectivity index (χ2n) is 7.86. The molecule has 0 amide bonds. The molecule has 6 heteroatoms. The first-order valence-corrected chi connectivity index (χ1v) is 10.3. The van der Waals surface area contributed by atoms with Crippen LogP contribution in [0.1, 0.15) is 56.9 Å². The zero-order chi connectivity index (χ0) is 20.2. The summed E-state index contributed by atoms with van der Waals surface area (Å²) in [6, 6.07) is 14.6. The summed E-state index contributed by atoms with van der Waals surface area (Å²) in [4.78, 5) is 14.8. The minimum absolute atomic E-state index is 0.0387. The lowest BCUT2D eigenvalue weighted by atomic mass is 9.77. The van der Waals surface area contributed by atoms with Crippen LogP contribution in [-0.4, -0.2) is 15.1 Å². The molecular weight excluding hydrogens is 366 g/mol. The lowest BCUT2D eigenvalue weighted by Gasteiger charge is -2.28. The van der Waals surface area contributed by atoms with E-state index in [1.165, 1.54) is 56.2 Å². The maximum Gasteiger partial charge on any atom is 0.269 e. The van der Waals surface area contributed by atoms with Crippen LogP contribution in [0.3, 0.4) is 0 Å². The highest BCUT2D eigenvalue weighted by atomic mass is 16.6. The Morgan fingerprint density at radius 2 is 1.66 bits per heavy atom. The molecule has 0 radical (unpaired) electrons. The Bertz CT molecular complexity index is 956. The third kappa shape index (κ3) is 4.36. The second kappa shape index (κ2) is 8.55. The zero-order valence-corrected chi connectivity index (χ0v) is 16.6. The molecule has 150 valence electrons. The predicted molar refractivity (Wildman–Crippen MR) is 111 cm³/mol. The summed E-state index contributed by atoms with van der Waals surface area (Å²) in [5, 5.41) is 14.8. The number of nitro benzene ring substituents is 1. The number of benzene rings is 2. The van der Waals surface area contributed by atoms with E-state index in [0.717, 1.165) is 11.5 Å². The lowest BCUT2D eigenvalue weighted by molar-refractivity contribution is -0.384. The van der Waals surface area contributed by atoms with Gasteiger partial charge in [-0.3, -0.25) is 10.1 Å². The normalized spacial score (nSPS) is 19.2. The van der Waals surface area contributed by atoms with Crippen LogP contribution in [0.2, 0.25) is 0 Å². The Morgan fingerprint density at radius 1 is 1.00 bits per heavy atom. The SMILES string of the molecule is CCCC1CCC(c2ccc(-c3nc(-c4ccc([N+](=O)[O-])cc4)no3)cc2)CC1. The van der Waals surface area contributed by atoms with Gasteiger partial charge < -0.3 is 4.52 Å². The van der Waals surface area contributed by atoms with Gasteiger partial charge in [0.15, 0.2) is 0 Å². The standard InChI is InChI=1S/C23H25N3O3/c1-2-3-16-4-6-17(7-5-16)18-8-10-20(11-9-18)23-24-22(25-29-23)19-12-14-21(15-13-19)26(27)28/h8-17H,2-7H2,1H3. The molecule has 0 atom stereocenters. The molecule has 1 aromatic heterocycles. The average molecular weight is 391 g/mol. The van der Waals surface area contributed by atoms with Crippen molar-refractivity contribution in [3.8, 4) is 22.8 Å². The Hall–Kier alpha value is -3.02. The van der Waals surface area contributed by atoms with Crippen LogP contribution in [0, 0.1) is 16.0 Å². The molecule has 1 fully saturated rings. The van der Waals surface area contributed by atoms with E-state index in [-0.39, 0.29) is 5.69 Å². The van der Waals surface area contributed by atoms with E-state index >= 15 is 0 Å². The van der Waals surface area contributed by atoms with Crippen LogP contribution < -0.4 is 0 Å². The number of hydrogen-bond acceptors (Lipinski definition) is 5. The Kier molecular flexibility index (Phi) is 5.69. The molecule has 6 nitrogen and oxygen atoms in total. The molecule has 0 saturated heterocycles. The van der Waals surface area contributed by atoms with Crippen LogP contribution in [0.4, 0.5) is 5.69 Å². The largest absolute Gasteiger partial charge is 0.334 e. The zero-order valence-electron chi connectivity index (χ0n) is 16.6. The molecule has 0 spiro atoms. The van der Waals surface area contributed by atoms with Gasteiger partial charge in [-0.25, -0.2) is 0 Å². The van der Waals surface area contributed by atoms with Gasteiger partial charge in [-0.15, -0.1) is 0 Å². The summed E-state index contributed by atoms with van der Waals surface area (Å²) in [6.45, 7) is 2.27. The maximum absolute atomic E-state index is 10.8. The minimum atomic E-state index is -0.427. The molecule has 0 bridgehead atoms. The molecule has 1 saturated carbocycles. The topological polar surface area (TPSA) is 82.1 Å². The lowest BCUT2D eigenvalue weighted by Crippen LogP contribution is -2.13. The van der Waals surface area contributed by atoms with E-state index in [4.69, 9.17) is 4.52 Å². The first kappa shape index (κ1) is 19.3. The third-order valence-electron chi connectivity index (χ3n) is 5.94. The summed E-state index contributed by atoms with van der Waals surface area (Å²) >= 11 is 0. The van der Waals surface area contributed by atoms with Crippen LogP contribution >= 0.6 is 0 Å². The average Bonchev–Trinajstić information content (AvgIpc) is 3.25. The summed E-state index contributed by atoms with van der Waals surface area (Å²) < 4.78 is 5.41. The highest BCUT2D eigenvalue weighted by Crippen LogP contribution is 2.38.